The number of nitrogens with one attached hydrogen (secondary N) is 1. The van der Waals surface area contributed by atoms with Crippen LogP contribution in [0.1, 0.15) is 25.7 Å². The van der Waals surface area contributed by atoms with Crippen molar-refractivity contribution in [1.29, 1.82) is 5.26 Å². The van der Waals surface area contributed by atoms with Gasteiger partial charge in [0.15, 0.2) is 6.19 Å². The Kier molecular flexibility index (Phi) is 2.82. The van der Waals surface area contributed by atoms with Gasteiger partial charge in [-0.1, -0.05) is 11.6 Å². The lowest BCUT2D eigenvalue weighted by Crippen LogP contribution is -2.07. The van der Waals surface area contributed by atoms with Crippen LogP contribution in [0.3, 0.4) is 0 Å². The molecule has 0 saturated carbocycles. The number of rotatable bonds is 3. The van der Waals surface area contributed by atoms with E-state index in [2.05, 4.69) is 11.4 Å². The van der Waals surface area contributed by atoms with E-state index in [1.807, 2.05) is 6.19 Å². The van der Waals surface area contributed by atoms with E-state index in [0.717, 1.165) is 13.0 Å². The quantitative estimate of drug-likeness (QED) is 0.276. The summed E-state index contributed by atoms with van der Waals surface area (Å²) >= 11 is 0. The molecule has 0 radical (unpaired) electrons. The molecule has 0 heterocycles. The van der Waals surface area contributed by atoms with Crippen molar-refractivity contribution in [3.8, 4) is 6.19 Å². The number of hydrogen-bond donors (Lipinski definition) is 1. The fourth-order valence-electron chi connectivity index (χ4n) is 1.24. The zero-order chi connectivity index (χ0) is 7.23. The minimum atomic E-state index is 0.808. The van der Waals surface area contributed by atoms with Crippen LogP contribution in [0.4, 0.5) is 0 Å². The Morgan fingerprint density at radius 2 is 2.60 bits per heavy atom. The maximum Gasteiger partial charge on any atom is 0.176 e. The minimum Gasteiger partial charge on any atom is -0.324 e. The third-order valence-corrected chi connectivity index (χ3v) is 1.79. The first kappa shape index (κ1) is 7.14. The zero-order valence-electron chi connectivity index (χ0n) is 6.06. The van der Waals surface area contributed by atoms with Crippen LogP contribution in [0.5, 0.6) is 0 Å². The summed E-state index contributed by atoms with van der Waals surface area (Å²) in [7, 11) is 0. The molecule has 0 aromatic heterocycles. The maximum atomic E-state index is 8.16. The standard InChI is InChI=1S/C8H12N2/c9-7-10-6-5-8-3-1-2-4-8/h3,10H,1-2,4-6H2. The summed E-state index contributed by atoms with van der Waals surface area (Å²) in [5, 5.41) is 10.8. The van der Waals surface area contributed by atoms with Gasteiger partial charge in [-0.3, -0.25) is 0 Å². The van der Waals surface area contributed by atoms with E-state index in [1.165, 1.54) is 24.8 Å². The predicted octanol–water partition coefficient (Wildman–Crippen LogP) is 1.56. The molecule has 0 atom stereocenters. The number of nitriles is 1. The van der Waals surface area contributed by atoms with Crippen LogP contribution in [0.15, 0.2) is 11.6 Å². The SMILES string of the molecule is N#CNCCC1=CCCC1. The maximum absolute atomic E-state index is 8.16. The van der Waals surface area contributed by atoms with Crippen LogP contribution in [-0.4, -0.2) is 6.54 Å². The van der Waals surface area contributed by atoms with Crippen LogP contribution in [-0.2, 0) is 0 Å². The molecule has 0 aromatic rings. The van der Waals surface area contributed by atoms with E-state index in [-0.39, 0.29) is 0 Å². The van der Waals surface area contributed by atoms with Gasteiger partial charge in [0.25, 0.3) is 0 Å². The molecule has 0 fully saturated rings. The highest BCUT2D eigenvalue weighted by Crippen LogP contribution is 2.19. The van der Waals surface area contributed by atoms with E-state index < -0.39 is 0 Å². The Labute approximate surface area is 61.5 Å². The second-order valence-corrected chi connectivity index (χ2v) is 2.54. The molecule has 0 amide bonds. The van der Waals surface area contributed by atoms with Crippen LogP contribution >= 0.6 is 0 Å². The van der Waals surface area contributed by atoms with Crippen molar-refractivity contribution in [2.75, 3.05) is 6.54 Å². The molecular weight excluding hydrogens is 124 g/mol. The van der Waals surface area contributed by atoms with E-state index in [9.17, 15) is 0 Å². The molecule has 10 heavy (non-hydrogen) atoms. The van der Waals surface area contributed by atoms with Gasteiger partial charge in [0, 0.05) is 6.54 Å². The van der Waals surface area contributed by atoms with Gasteiger partial charge in [0.1, 0.15) is 0 Å². The zero-order valence-corrected chi connectivity index (χ0v) is 6.06. The normalized spacial score (nSPS) is 16.1. The first-order chi connectivity index (χ1) is 4.93. The fraction of sp³-hybridized carbons (Fsp3) is 0.625. The highest BCUT2D eigenvalue weighted by Gasteiger charge is 2.02. The fourth-order valence-corrected chi connectivity index (χ4v) is 1.24. The van der Waals surface area contributed by atoms with Crippen molar-refractivity contribution in [2.24, 2.45) is 0 Å². The highest BCUT2D eigenvalue weighted by molar-refractivity contribution is 5.07. The highest BCUT2D eigenvalue weighted by atomic mass is 14.8. The first-order valence-electron chi connectivity index (χ1n) is 3.73. The van der Waals surface area contributed by atoms with Gasteiger partial charge in [-0.2, -0.15) is 5.26 Å². The molecule has 1 aliphatic carbocycles. The summed E-state index contributed by atoms with van der Waals surface area (Å²) in [5.41, 5.74) is 1.52. The molecule has 0 saturated heterocycles. The van der Waals surface area contributed by atoms with Gasteiger partial charge in [0.05, 0.1) is 0 Å². The minimum absolute atomic E-state index is 0.808. The first-order valence-corrected chi connectivity index (χ1v) is 3.73. The average Bonchev–Trinajstić information content (AvgIpc) is 2.41. The summed E-state index contributed by atoms with van der Waals surface area (Å²) in [6, 6.07) is 0. The number of allylic oxidation sites excluding steroid dienone is 1. The smallest absolute Gasteiger partial charge is 0.176 e. The molecule has 1 N–H and O–H groups in total. The van der Waals surface area contributed by atoms with Crippen molar-refractivity contribution in [2.45, 2.75) is 25.7 Å². The molecular formula is C8H12N2. The van der Waals surface area contributed by atoms with Crippen molar-refractivity contribution in [3.05, 3.63) is 11.6 Å². The lowest BCUT2D eigenvalue weighted by molar-refractivity contribution is 0.797. The molecule has 54 valence electrons. The molecule has 0 aliphatic heterocycles. The van der Waals surface area contributed by atoms with Gasteiger partial charge in [-0.15, -0.1) is 0 Å². The summed E-state index contributed by atoms with van der Waals surface area (Å²) in [4.78, 5) is 0. The molecule has 0 unspecified atom stereocenters. The predicted molar refractivity (Wildman–Crippen MR) is 40.2 cm³/mol. The second-order valence-electron chi connectivity index (χ2n) is 2.54. The van der Waals surface area contributed by atoms with Crippen LogP contribution in [0, 0.1) is 11.5 Å². The van der Waals surface area contributed by atoms with E-state index in [1.54, 1.807) is 0 Å². The van der Waals surface area contributed by atoms with Gasteiger partial charge < -0.3 is 5.32 Å². The van der Waals surface area contributed by atoms with E-state index in [4.69, 9.17) is 5.26 Å². The summed E-state index contributed by atoms with van der Waals surface area (Å²) in [6.07, 6.45) is 9.04. The third-order valence-electron chi connectivity index (χ3n) is 1.79. The van der Waals surface area contributed by atoms with E-state index >= 15 is 0 Å². The molecule has 0 spiro atoms. The van der Waals surface area contributed by atoms with Gasteiger partial charge in [-0.05, 0) is 25.7 Å². The molecule has 1 rings (SSSR count). The Balaban J connectivity index is 2.08. The number of nitrogens with zero attached hydrogens (tertiary/aromatic N) is 1. The summed E-state index contributed by atoms with van der Waals surface area (Å²) < 4.78 is 0. The monoisotopic (exact) mass is 136 g/mol. The van der Waals surface area contributed by atoms with Crippen molar-refractivity contribution in [1.82, 2.24) is 5.32 Å². The van der Waals surface area contributed by atoms with Gasteiger partial charge >= 0.3 is 0 Å². The largest absolute Gasteiger partial charge is 0.324 e. The van der Waals surface area contributed by atoms with Crippen LogP contribution < -0.4 is 5.32 Å². The topological polar surface area (TPSA) is 35.8 Å². The van der Waals surface area contributed by atoms with E-state index in [0.29, 0.717) is 0 Å². The molecule has 0 aromatic carbocycles. The Morgan fingerprint density at radius 3 is 3.20 bits per heavy atom. The summed E-state index contributed by atoms with van der Waals surface area (Å²) in [6.45, 7) is 0.808. The Morgan fingerprint density at radius 1 is 1.70 bits per heavy atom. The Bertz CT molecular complexity index is 165. The van der Waals surface area contributed by atoms with Crippen LogP contribution in [0.2, 0.25) is 0 Å². The van der Waals surface area contributed by atoms with Gasteiger partial charge in [-0.25, -0.2) is 0 Å². The van der Waals surface area contributed by atoms with Crippen molar-refractivity contribution in [3.63, 3.8) is 0 Å². The average molecular weight is 136 g/mol. The van der Waals surface area contributed by atoms with Crippen molar-refractivity contribution < 1.29 is 0 Å². The Hall–Kier alpha value is -0.970. The molecule has 1 aliphatic rings. The third kappa shape index (κ3) is 2.10. The summed E-state index contributed by atoms with van der Waals surface area (Å²) in [5.74, 6) is 0. The van der Waals surface area contributed by atoms with Gasteiger partial charge in [0.2, 0.25) is 0 Å². The lowest BCUT2D eigenvalue weighted by Gasteiger charge is -1.97. The molecule has 2 heteroatoms. The lowest BCUT2D eigenvalue weighted by atomic mass is 10.2. The molecule has 2 nitrogen and oxygen atoms in total. The van der Waals surface area contributed by atoms with Crippen molar-refractivity contribution >= 4 is 0 Å². The molecule has 0 bridgehead atoms. The van der Waals surface area contributed by atoms with Crippen LogP contribution in [0.25, 0.3) is 0 Å². The number of hydrogen-bond acceptors (Lipinski definition) is 2. The second kappa shape index (κ2) is 3.94.